The molecular weight excluding hydrogens is 310 g/mol. The van der Waals surface area contributed by atoms with E-state index in [1.54, 1.807) is 13.2 Å². The zero-order valence-electron chi connectivity index (χ0n) is 13.8. The predicted octanol–water partition coefficient (Wildman–Crippen LogP) is 3.37. The standard InChI is InChI=1S/C18H21NO3S/c1-18(2,3)13-7-10-16-15(11-13)17(19-23(16,20)21)12-5-8-14(22-4)9-6-12/h5-11,17,19H,1-4H3/t17-/m1/s1. The summed E-state index contributed by atoms with van der Waals surface area (Å²) in [6.45, 7) is 6.36. The van der Waals surface area contributed by atoms with Crippen molar-refractivity contribution in [2.75, 3.05) is 7.11 Å². The molecule has 0 aliphatic carbocycles. The fourth-order valence-corrected chi connectivity index (χ4v) is 4.25. The first-order valence-corrected chi connectivity index (χ1v) is 9.01. The van der Waals surface area contributed by atoms with Gasteiger partial charge in [-0.15, -0.1) is 0 Å². The zero-order chi connectivity index (χ0) is 16.8. The highest BCUT2D eigenvalue weighted by molar-refractivity contribution is 7.89. The molecule has 23 heavy (non-hydrogen) atoms. The van der Waals surface area contributed by atoms with Crippen molar-refractivity contribution in [1.82, 2.24) is 4.72 Å². The third-order valence-electron chi connectivity index (χ3n) is 4.20. The topological polar surface area (TPSA) is 55.4 Å². The molecule has 0 saturated heterocycles. The van der Waals surface area contributed by atoms with Gasteiger partial charge in [0.25, 0.3) is 0 Å². The summed E-state index contributed by atoms with van der Waals surface area (Å²) < 4.78 is 32.7. The van der Waals surface area contributed by atoms with Gasteiger partial charge in [0, 0.05) is 0 Å². The molecule has 4 nitrogen and oxygen atoms in total. The van der Waals surface area contributed by atoms with E-state index in [0.717, 1.165) is 22.4 Å². The summed E-state index contributed by atoms with van der Waals surface area (Å²) in [4.78, 5) is 0.367. The molecule has 0 spiro atoms. The quantitative estimate of drug-likeness (QED) is 0.918. The van der Waals surface area contributed by atoms with E-state index in [2.05, 4.69) is 25.5 Å². The predicted molar refractivity (Wildman–Crippen MR) is 90.3 cm³/mol. The fraction of sp³-hybridized carbons (Fsp3) is 0.333. The summed E-state index contributed by atoms with van der Waals surface area (Å²) in [7, 11) is -1.85. The van der Waals surface area contributed by atoms with Crippen LogP contribution in [0.2, 0.25) is 0 Å². The van der Waals surface area contributed by atoms with E-state index >= 15 is 0 Å². The minimum atomic E-state index is -3.46. The molecule has 0 saturated carbocycles. The molecule has 2 aromatic rings. The van der Waals surface area contributed by atoms with Gasteiger partial charge in [-0.3, -0.25) is 0 Å². The number of nitrogens with one attached hydrogen (secondary N) is 1. The molecule has 1 aliphatic rings. The first-order valence-electron chi connectivity index (χ1n) is 7.53. The minimum absolute atomic E-state index is 0.0359. The van der Waals surface area contributed by atoms with Crippen molar-refractivity contribution in [3.05, 3.63) is 59.2 Å². The SMILES string of the molecule is COc1ccc([C@H]2NS(=O)(=O)c3ccc(C(C)(C)C)cc32)cc1. The molecule has 0 aromatic heterocycles. The lowest BCUT2D eigenvalue weighted by Crippen LogP contribution is -2.20. The van der Waals surface area contributed by atoms with Crippen LogP contribution in [0.5, 0.6) is 5.75 Å². The molecule has 0 unspecified atom stereocenters. The second-order valence-electron chi connectivity index (χ2n) is 6.83. The zero-order valence-corrected chi connectivity index (χ0v) is 14.6. The van der Waals surface area contributed by atoms with E-state index in [4.69, 9.17) is 4.74 Å². The van der Waals surface area contributed by atoms with E-state index in [-0.39, 0.29) is 11.5 Å². The maximum Gasteiger partial charge on any atom is 0.241 e. The van der Waals surface area contributed by atoms with Gasteiger partial charge in [0.15, 0.2) is 0 Å². The highest BCUT2D eigenvalue weighted by atomic mass is 32.2. The van der Waals surface area contributed by atoms with Crippen molar-refractivity contribution in [3.63, 3.8) is 0 Å². The molecule has 1 N–H and O–H groups in total. The smallest absolute Gasteiger partial charge is 0.241 e. The molecule has 3 rings (SSSR count). The van der Waals surface area contributed by atoms with E-state index in [1.165, 1.54) is 0 Å². The van der Waals surface area contributed by atoms with Crippen LogP contribution >= 0.6 is 0 Å². The molecule has 1 heterocycles. The summed E-state index contributed by atoms with van der Waals surface area (Å²) in [6.07, 6.45) is 0. The molecule has 0 bridgehead atoms. The number of rotatable bonds is 2. The third kappa shape index (κ3) is 2.86. The largest absolute Gasteiger partial charge is 0.497 e. The van der Waals surface area contributed by atoms with E-state index in [1.807, 2.05) is 36.4 Å². The molecule has 0 amide bonds. The van der Waals surface area contributed by atoms with Crippen LogP contribution in [0, 0.1) is 0 Å². The third-order valence-corrected chi connectivity index (χ3v) is 5.70. The van der Waals surface area contributed by atoms with Gasteiger partial charge >= 0.3 is 0 Å². The van der Waals surface area contributed by atoms with E-state index < -0.39 is 10.0 Å². The Morgan fingerprint density at radius 1 is 1.04 bits per heavy atom. The first kappa shape index (κ1) is 16.0. The van der Waals surface area contributed by atoms with Gasteiger partial charge in [-0.2, -0.15) is 4.72 Å². The summed E-state index contributed by atoms with van der Waals surface area (Å²) in [6, 6.07) is 12.7. The van der Waals surface area contributed by atoms with E-state index in [0.29, 0.717) is 4.90 Å². The number of methoxy groups -OCH3 is 1. The average molecular weight is 331 g/mol. The van der Waals surface area contributed by atoms with Gasteiger partial charge in [0.2, 0.25) is 10.0 Å². The Morgan fingerprint density at radius 2 is 1.70 bits per heavy atom. The average Bonchev–Trinajstić information content (AvgIpc) is 2.78. The van der Waals surface area contributed by atoms with Crippen LogP contribution in [-0.2, 0) is 15.4 Å². The second-order valence-corrected chi connectivity index (χ2v) is 8.51. The van der Waals surface area contributed by atoms with Crippen LogP contribution in [0.4, 0.5) is 0 Å². The molecule has 2 aromatic carbocycles. The van der Waals surface area contributed by atoms with Gasteiger partial charge in [-0.25, -0.2) is 8.42 Å². The summed E-state index contributed by atoms with van der Waals surface area (Å²) in [5.41, 5.74) is 2.79. The number of hydrogen-bond acceptors (Lipinski definition) is 3. The van der Waals surface area contributed by atoms with Crippen LogP contribution in [0.25, 0.3) is 0 Å². The van der Waals surface area contributed by atoms with Crippen molar-refractivity contribution in [2.24, 2.45) is 0 Å². The molecule has 0 fully saturated rings. The fourth-order valence-electron chi connectivity index (χ4n) is 2.81. The van der Waals surface area contributed by atoms with Crippen molar-refractivity contribution < 1.29 is 13.2 Å². The molecule has 122 valence electrons. The molecule has 0 radical (unpaired) electrons. The molecule has 1 aliphatic heterocycles. The van der Waals surface area contributed by atoms with Gasteiger partial charge in [-0.1, -0.05) is 45.0 Å². The van der Waals surface area contributed by atoms with Crippen LogP contribution in [0.1, 0.15) is 43.5 Å². The number of fused-ring (bicyclic) bond motifs is 1. The lowest BCUT2D eigenvalue weighted by molar-refractivity contribution is 0.414. The van der Waals surface area contributed by atoms with Gasteiger partial charge in [0.1, 0.15) is 5.75 Å². The number of ether oxygens (including phenoxy) is 1. The second kappa shape index (κ2) is 5.35. The Labute approximate surface area is 137 Å². The Hall–Kier alpha value is -1.85. The Kier molecular flexibility index (Phi) is 3.73. The van der Waals surface area contributed by atoms with Crippen molar-refractivity contribution in [1.29, 1.82) is 0 Å². The van der Waals surface area contributed by atoms with E-state index in [9.17, 15) is 8.42 Å². The maximum absolute atomic E-state index is 12.4. The Bertz CT molecular complexity index is 834. The number of sulfonamides is 1. The lowest BCUT2D eigenvalue weighted by atomic mass is 9.85. The summed E-state index contributed by atoms with van der Waals surface area (Å²) in [5, 5.41) is 0. The monoisotopic (exact) mass is 331 g/mol. The Balaban J connectivity index is 2.12. The first-order chi connectivity index (χ1) is 10.7. The normalized spacial score (nSPS) is 19.4. The van der Waals surface area contributed by atoms with Gasteiger partial charge < -0.3 is 4.74 Å². The maximum atomic E-state index is 12.4. The Morgan fingerprint density at radius 3 is 2.26 bits per heavy atom. The highest BCUT2D eigenvalue weighted by Crippen LogP contribution is 2.38. The highest BCUT2D eigenvalue weighted by Gasteiger charge is 2.35. The van der Waals surface area contributed by atoms with Crippen LogP contribution < -0.4 is 9.46 Å². The van der Waals surface area contributed by atoms with Gasteiger partial charge in [-0.05, 0) is 40.3 Å². The number of benzene rings is 2. The lowest BCUT2D eigenvalue weighted by Gasteiger charge is -2.20. The molecular formula is C18H21NO3S. The minimum Gasteiger partial charge on any atom is -0.497 e. The molecule has 1 atom stereocenters. The number of hydrogen-bond donors (Lipinski definition) is 1. The summed E-state index contributed by atoms with van der Waals surface area (Å²) >= 11 is 0. The van der Waals surface area contributed by atoms with Crippen LogP contribution in [-0.4, -0.2) is 15.5 Å². The van der Waals surface area contributed by atoms with Crippen molar-refractivity contribution in [3.8, 4) is 5.75 Å². The van der Waals surface area contributed by atoms with Gasteiger partial charge in [0.05, 0.1) is 18.0 Å². The van der Waals surface area contributed by atoms with Crippen molar-refractivity contribution in [2.45, 2.75) is 37.1 Å². The van der Waals surface area contributed by atoms with Crippen molar-refractivity contribution >= 4 is 10.0 Å². The van der Waals surface area contributed by atoms with Crippen LogP contribution in [0.3, 0.4) is 0 Å². The molecule has 5 heteroatoms. The van der Waals surface area contributed by atoms with Crippen LogP contribution in [0.15, 0.2) is 47.4 Å². The summed E-state index contributed by atoms with van der Waals surface area (Å²) in [5.74, 6) is 0.748.